The smallest absolute Gasteiger partial charge is 0.275 e. The fourth-order valence-electron chi connectivity index (χ4n) is 2.99. The standard InChI is InChI=1S/C22H20N4O3S/c1-14-8-9-18(15(2)10-14)29-13-19(27)23-12-17-11-20(28)26-22(24-17)30-21(25-26)16-6-4-3-5-7-16/h3-11H,12-13H2,1-2H3,(H,23,27). The molecule has 1 N–H and O–H groups in total. The van der Waals surface area contributed by atoms with Crippen LogP contribution in [0.25, 0.3) is 15.5 Å². The Labute approximate surface area is 177 Å². The van der Waals surface area contributed by atoms with Gasteiger partial charge >= 0.3 is 0 Å². The molecule has 1 amide bonds. The monoisotopic (exact) mass is 420 g/mol. The molecule has 0 radical (unpaired) electrons. The Bertz CT molecular complexity index is 1260. The van der Waals surface area contributed by atoms with E-state index in [4.69, 9.17) is 4.74 Å². The topological polar surface area (TPSA) is 85.6 Å². The minimum absolute atomic E-state index is 0.107. The zero-order chi connectivity index (χ0) is 21.1. The summed E-state index contributed by atoms with van der Waals surface area (Å²) in [7, 11) is 0. The molecular formula is C22H20N4O3S. The number of aryl methyl sites for hydroxylation is 2. The highest BCUT2D eigenvalue weighted by Gasteiger charge is 2.11. The first-order valence-electron chi connectivity index (χ1n) is 9.41. The molecule has 0 aliphatic carbocycles. The van der Waals surface area contributed by atoms with Crippen molar-refractivity contribution < 1.29 is 9.53 Å². The summed E-state index contributed by atoms with van der Waals surface area (Å²) in [4.78, 5) is 29.5. The van der Waals surface area contributed by atoms with Crippen LogP contribution < -0.4 is 15.6 Å². The molecule has 0 fully saturated rings. The second kappa shape index (κ2) is 8.46. The number of nitrogens with one attached hydrogen (secondary N) is 1. The Morgan fingerprint density at radius 1 is 1.13 bits per heavy atom. The number of carbonyl (C=O) groups is 1. The molecule has 4 aromatic rings. The van der Waals surface area contributed by atoms with Crippen molar-refractivity contribution in [1.29, 1.82) is 0 Å². The van der Waals surface area contributed by atoms with Crippen molar-refractivity contribution in [3.63, 3.8) is 0 Å². The zero-order valence-corrected chi connectivity index (χ0v) is 17.4. The molecule has 2 heterocycles. The summed E-state index contributed by atoms with van der Waals surface area (Å²) in [6.07, 6.45) is 0. The predicted molar refractivity (Wildman–Crippen MR) is 116 cm³/mol. The summed E-state index contributed by atoms with van der Waals surface area (Å²) in [5, 5.41) is 7.80. The minimum Gasteiger partial charge on any atom is -0.484 e. The number of ether oxygens (including phenoxy) is 1. The summed E-state index contributed by atoms with van der Waals surface area (Å²) in [6, 6.07) is 16.8. The molecule has 2 aromatic heterocycles. The van der Waals surface area contributed by atoms with Crippen molar-refractivity contribution in [3.8, 4) is 16.3 Å². The Kier molecular flexibility index (Phi) is 5.58. The summed E-state index contributed by atoms with van der Waals surface area (Å²) in [6.45, 7) is 3.97. The largest absolute Gasteiger partial charge is 0.484 e. The van der Waals surface area contributed by atoms with Crippen LogP contribution in [0.4, 0.5) is 0 Å². The third-order valence-electron chi connectivity index (χ3n) is 4.47. The first kappa shape index (κ1) is 19.8. The average molecular weight is 420 g/mol. The molecule has 0 unspecified atom stereocenters. The molecule has 0 saturated heterocycles. The van der Waals surface area contributed by atoms with Gasteiger partial charge in [0.15, 0.2) is 6.61 Å². The van der Waals surface area contributed by atoms with Crippen molar-refractivity contribution in [3.05, 3.63) is 81.8 Å². The van der Waals surface area contributed by atoms with Crippen LogP contribution in [0.1, 0.15) is 16.8 Å². The lowest BCUT2D eigenvalue weighted by atomic mass is 10.1. The van der Waals surface area contributed by atoms with Crippen molar-refractivity contribution in [2.75, 3.05) is 6.61 Å². The van der Waals surface area contributed by atoms with Gasteiger partial charge < -0.3 is 10.1 Å². The van der Waals surface area contributed by atoms with E-state index in [1.165, 1.54) is 21.9 Å². The molecule has 0 bridgehead atoms. The van der Waals surface area contributed by atoms with Crippen LogP contribution in [-0.4, -0.2) is 27.1 Å². The molecule has 0 atom stereocenters. The number of hydrogen-bond acceptors (Lipinski definition) is 6. The van der Waals surface area contributed by atoms with Crippen LogP contribution in [0.15, 0.2) is 59.4 Å². The van der Waals surface area contributed by atoms with Gasteiger partial charge in [-0.15, -0.1) is 0 Å². The lowest BCUT2D eigenvalue weighted by Crippen LogP contribution is -2.29. The minimum atomic E-state index is -0.286. The molecule has 0 aliphatic rings. The number of hydrogen-bond donors (Lipinski definition) is 1. The van der Waals surface area contributed by atoms with E-state index < -0.39 is 0 Å². The number of nitrogens with zero attached hydrogens (tertiary/aromatic N) is 3. The molecule has 0 saturated carbocycles. The molecule has 7 nitrogen and oxygen atoms in total. The van der Waals surface area contributed by atoms with Crippen molar-refractivity contribution >= 4 is 22.2 Å². The normalized spacial score (nSPS) is 10.9. The van der Waals surface area contributed by atoms with Crippen LogP contribution in [-0.2, 0) is 11.3 Å². The average Bonchev–Trinajstić information content (AvgIpc) is 3.17. The van der Waals surface area contributed by atoms with E-state index in [0.717, 1.165) is 16.7 Å². The van der Waals surface area contributed by atoms with E-state index in [2.05, 4.69) is 15.4 Å². The van der Waals surface area contributed by atoms with Gasteiger partial charge in [-0.3, -0.25) is 9.59 Å². The van der Waals surface area contributed by atoms with Crippen LogP contribution in [0, 0.1) is 13.8 Å². The molecule has 0 aliphatic heterocycles. The van der Waals surface area contributed by atoms with E-state index in [9.17, 15) is 9.59 Å². The number of aromatic nitrogens is 3. The second-order valence-electron chi connectivity index (χ2n) is 6.89. The van der Waals surface area contributed by atoms with E-state index in [1.54, 1.807) is 0 Å². The summed E-state index contributed by atoms with van der Waals surface area (Å²) >= 11 is 1.33. The van der Waals surface area contributed by atoms with E-state index in [1.807, 2.05) is 62.4 Å². The maximum Gasteiger partial charge on any atom is 0.275 e. The Morgan fingerprint density at radius 2 is 1.93 bits per heavy atom. The molecule has 4 rings (SSSR count). The van der Waals surface area contributed by atoms with Crippen molar-refractivity contribution in [2.24, 2.45) is 0 Å². The van der Waals surface area contributed by atoms with Gasteiger partial charge in [-0.05, 0) is 25.5 Å². The molecule has 152 valence electrons. The highest BCUT2D eigenvalue weighted by atomic mass is 32.1. The predicted octanol–water partition coefficient (Wildman–Crippen LogP) is 3.13. The Hall–Kier alpha value is -3.52. The van der Waals surface area contributed by atoms with Crippen LogP contribution in [0.2, 0.25) is 0 Å². The quantitative estimate of drug-likeness (QED) is 0.518. The fraction of sp³-hybridized carbons (Fsp3) is 0.182. The van der Waals surface area contributed by atoms with Gasteiger partial charge in [0.2, 0.25) is 4.96 Å². The summed E-state index contributed by atoms with van der Waals surface area (Å²) < 4.78 is 6.86. The molecule has 30 heavy (non-hydrogen) atoms. The number of carbonyl (C=O) groups excluding carboxylic acids is 1. The maximum absolute atomic E-state index is 12.4. The highest BCUT2D eigenvalue weighted by molar-refractivity contribution is 7.19. The van der Waals surface area contributed by atoms with Gasteiger partial charge in [0, 0.05) is 11.6 Å². The van der Waals surface area contributed by atoms with Crippen LogP contribution >= 0.6 is 11.3 Å². The molecule has 2 aromatic carbocycles. The Balaban J connectivity index is 1.42. The maximum atomic E-state index is 12.4. The molecular weight excluding hydrogens is 400 g/mol. The van der Waals surface area contributed by atoms with Crippen LogP contribution in [0.3, 0.4) is 0 Å². The molecule has 0 spiro atoms. The van der Waals surface area contributed by atoms with E-state index in [0.29, 0.717) is 21.4 Å². The first-order chi connectivity index (χ1) is 14.5. The van der Waals surface area contributed by atoms with Gasteiger partial charge in [0.1, 0.15) is 10.8 Å². The lowest BCUT2D eigenvalue weighted by molar-refractivity contribution is -0.123. The fourth-order valence-corrected chi connectivity index (χ4v) is 3.92. The van der Waals surface area contributed by atoms with Gasteiger partial charge in [0.25, 0.3) is 11.5 Å². The number of fused-ring (bicyclic) bond motifs is 1. The van der Waals surface area contributed by atoms with Gasteiger partial charge in [0.05, 0.1) is 12.2 Å². The first-order valence-corrected chi connectivity index (χ1v) is 10.2. The van der Waals surface area contributed by atoms with Crippen LogP contribution in [0.5, 0.6) is 5.75 Å². The zero-order valence-electron chi connectivity index (χ0n) is 16.6. The van der Waals surface area contributed by atoms with Gasteiger partial charge in [-0.25, -0.2) is 4.98 Å². The third-order valence-corrected chi connectivity index (χ3v) is 5.43. The number of amides is 1. The van der Waals surface area contributed by atoms with Crippen molar-refractivity contribution in [1.82, 2.24) is 19.9 Å². The van der Waals surface area contributed by atoms with E-state index in [-0.39, 0.29) is 24.6 Å². The Morgan fingerprint density at radius 3 is 2.70 bits per heavy atom. The van der Waals surface area contributed by atoms with Gasteiger partial charge in [-0.2, -0.15) is 9.61 Å². The third kappa shape index (κ3) is 4.38. The summed E-state index contributed by atoms with van der Waals surface area (Å²) in [5.74, 6) is 0.387. The summed E-state index contributed by atoms with van der Waals surface area (Å²) in [5.41, 5.74) is 3.22. The van der Waals surface area contributed by atoms with Crippen molar-refractivity contribution in [2.45, 2.75) is 20.4 Å². The molecule has 8 heteroatoms. The number of benzene rings is 2. The highest BCUT2D eigenvalue weighted by Crippen LogP contribution is 2.23. The second-order valence-corrected chi connectivity index (χ2v) is 7.84. The van der Waals surface area contributed by atoms with Gasteiger partial charge in [-0.1, -0.05) is 59.4 Å². The lowest BCUT2D eigenvalue weighted by Gasteiger charge is -2.10. The number of rotatable bonds is 6. The SMILES string of the molecule is Cc1ccc(OCC(=O)NCc2cc(=O)n3nc(-c4ccccc4)sc3n2)c(C)c1. The van der Waals surface area contributed by atoms with E-state index >= 15 is 0 Å².